The first-order valence-electron chi connectivity index (χ1n) is 3.56. The number of aromatic nitrogens is 1. The Labute approximate surface area is 86.2 Å². The second-order valence-electron chi connectivity index (χ2n) is 2.45. The summed E-state index contributed by atoms with van der Waals surface area (Å²) in [6, 6.07) is 1.42. The first-order chi connectivity index (χ1) is 6.43. The van der Waals surface area contributed by atoms with Crippen LogP contribution in [0, 0.1) is 0 Å². The van der Waals surface area contributed by atoms with Gasteiger partial charge in [-0.2, -0.15) is 8.42 Å². The van der Waals surface area contributed by atoms with Crippen LogP contribution in [0.25, 0.3) is 0 Å². The van der Waals surface area contributed by atoms with Gasteiger partial charge in [-0.3, -0.25) is 14.5 Å². The molecule has 0 aliphatic rings. The second-order valence-corrected chi connectivity index (χ2v) is 4.65. The molecule has 0 aliphatic carbocycles. The van der Waals surface area contributed by atoms with Crippen molar-refractivity contribution in [3.63, 3.8) is 0 Å². The molecule has 0 spiro atoms. The van der Waals surface area contributed by atoms with Crippen LogP contribution in [0.1, 0.15) is 6.92 Å². The Morgan fingerprint density at radius 2 is 2.21 bits per heavy atom. The van der Waals surface area contributed by atoms with Crippen LogP contribution in [-0.2, 0) is 14.8 Å². The number of carbonyl (C=O) groups is 1. The van der Waals surface area contributed by atoms with Gasteiger partial charge < -0.3 is 0 Å². The molecule has 0 atom stereocenters. The van der Waals surface area contributed by atoms with Crippen molar-refractivity contribution in [3.8, 4) is 0 Å². The molecule has 0 bridgehead atoms. The standard InChI is InChI=1S/C7H7ClN2O3S/c1-5(11)14(12,13)10-7-4-9-3-2-6(7)8/h2-4,10H,1H3. The summed E-state index contributed by atoms with van der Waals surface area (Å²) < 4.78 is 24.2. The highest BCUT2D eigenvalue weighted by molar-refractivity contribution is 8.07. The number of pyridine rings is 1. The fourth-order valence-electron chi connectivity index (χ4n) is 0.669. The average Bonchev–Trinajstić information content (AvgIpc) is 2.08. The molecule has 1 rings (SSSR count). The minimum Gasteiger partial charge on any atom is -0.280 e. The van der Waals surface area contributed by atoms with Crippen LogP contribution < -0.4 is 4.72 Å². The van der Waals surface area contributed by atoms with Crippen LogP contribution >= 0.6 is 11.6 Å². The topological polar surface area (TPSA) is 76.1 Å². The zero-order valence-electron chi connectivity index (χ0n) is 7.19. The van der Waals surface area contributed by atoms with Gasteiger partial charge >= 0.3 is 0 Å². The largest absolute Gasteiger partial charge is 0.295 e. The molecule has 0 aromatic carbocycles. The van der Waals surface area contributed by atoms with Crippen molar-refractivity contribution >= 4 is 32.4 Å². The first kappa shape index (κ1) is 10.9. The molecule has 0 saturated heterocycles. The van der Waals surface area contributed by atoms with Crippen LogP contribution in [0.5, 0.6) is 0 Å². The minimum absolute atomic E-state index is 0.0874. The van der Waals surface area contributed by atoms with Crippen molar-refractivity contribution in [2.24, 2.45) is 0 Å². The van der Waals surface area contributed by atoms with E-state index in [-0.39, 0.29) is 10.7 Å². The van der Waals surface area contributed by atoms with Gasteiger partial charge in [-0.25, -0.2) is 0 Å². The average molecular weight is 235 g/mol. The number of nitrogens with one attached hydrogen (secondary N) is 1. The van der Waals surface area contributed by atoms with Gasteiger partial charge in [0.15, 0.2) is 0 Å². The van der Waals surface area contributed by atoms with Gasteiger partial charge in [-0.05, 0) is 6.07 Å². The molecule has 1 N–H and O–H groups in total. The highest BCUT2D eigenvalue weighted by atomic mass is 35.5. The minimum atomic E-state index is -3.99. The molecule has 0 aliphatic heterocycles. The Morgan fingerprint density at radius 1 is 1.57 bits per heavy atom. The fraction of sp³-hybridized carbons (Fsp3) is 0.143. The first-order valence-corrected chi connectivity index (χ1v) is 5.42. The Bertz CT molecular complexity index is 458. The van der Waals surface area contributed by atoms with Crippen molar-refractivity contribution in [3.05, 3.63) is 23.5 Å². The number of hydrogen-bond donors (Lipinski definition) is 1. The molecular weight excluding hydrogens is 228 g/mol. The van der Waals surface area contributed by atoms with Crippen molar-refractivity contribution in [1.29, 1.82) is 0 Å². The quantitative estimate of drug-likeness (QED) is 0.829. The number of rotatable bonds is 2. The molecule has 0 unspecified atom stereocenters. The normalized spacial score (nSPS) is 11.0. The fourth-order valence-corrected chi connectivity index (χ4v) is 1.47. The van der Waals surface area contributed by atoms with E-state index >= 15 is 0 Å². The summed E-state index contributed by atoms with van der Waals surface area (Å²) in [7, 11) is -3.99. The third-order valence-corrected chi connectivity index (χ3v) is 2.97. The van der Waals surface area contributed by atoms with E-state index in [0.717, 1.165) is 6.92 Å². The number of carbonyl (C=O) groups excluding carboxylic acids is 1. The highest BCUT2D eigenvalue weighted by Gasteiger charge is 2.17. The van der Waals surface area contributed by atoms with Gasteiger partial charge in [0.25, 0.3) is 15.1 Å². The van der Waals surface area contributed by atoms with Gasteiger partial charge in [0.2, 0.25) is 0 Å². The zero-order valence-corrected chi connectivity index (χ0v) is 8.76. The molecular formula is C7H7ClN2O3S. The van der Waals surface area contributed by atoms with Crippen molar-refractivity contribution in [2.75, 3.05) is 4.72 Å². The molecule has 0 amide bonds. The van der Waals surface area contributed by atoms with Gasteiger partial charge in [-0.1, -0.05) is 11.6 Å². The molecule has 76 valence electrons. The van der Waals surface area contributed by atoms with Gasteiger partial charge in [0.05, 0.1) is 16.9 Å². The lowest BCUT2D eigenvalue weighted by atomic mass is 10.4. The number of halogens is 1. The van der Waals surface area contributed by atoms with Crippen LogP contribution in [0.15, 0.2) is 18.5 Å². The molecule has 0 radical (unpaired) electrons. The number of anilines is 1. The summed E-state index contributed by atoms with van der Waals surface area (Å²) >= 11 is 5.66. The van der Waals surface area contributed by atoms with Crippen molar-refractivity contribution < 1.29 is 13.2 Å². The Kier molecular flexibility index (Phi) is 3.07. The van der Waals surface area contributed by atoms with Crippen LogP contribution in [0.2, 0.25) is 5.02 Å². The van der Waals surface area contributed by atoms with E-state index in [1.54, 1.807) is 0 Å². The van der Waals surface area contributed by atoms with E-state index in [4.69, 9.17) is 11.6 Å². The summed E-state index contributed by atoms with van der Waals surface area (Å²) in [6.07, 6.45) is 2.64. The summed E-state index contributed by atoms with van der Waals surface area (Å²) in [5.41, 5.74) is 0.0874. The molecule has 0 saturated carbocycles. The lowest BCUT2D eigenvalue weighted by molar-refractivity contribution is -0.109. The summed E-state index contributed by atoms with van der Waals surface area (Å²) in [6.45, 7) is 0.951. The third-order valence-electron chi connectivity index (χ3n) is 1.39. The van der Waals surface area contributed by atoms with E-state index in [1.165, 1.54) is 18.5 Å². The maximum Gasteiger partial charge on any atom is 0.295 e. The maximum atomic E-state index is 11.1. The van der Waals surface area contributed by atoms with Crippen LogP contribution in [-0.4, -0.2) is 18.5 Å². The number of hydrogen-bond acceptors (Lipinski definition) is 4. The predicted molar refractivity (Wildman–Crippen MR) is 52.5 cm³/mol. The third kappa shape index (κ3) is 2.43. The van der Waals surface area contributed by atoms with Crippen molar-refractivity contribution in [1.82, 2.24) is 4.98 Å². The summed E-state index contributed by atoms with van der Waals surface area (Å²) in [5, 5.41) is -0.790. The molecule has 1 aromatic heterocycles. The van der Waals surface area contributed by atoms with Gasteiger partial charge in [0.1, 0.15) is 0 Å². The Balaban J connectivity index is 3.02. The second kappa shape index (κ2) is 3.93. The van der Waals surface area contributed by atoms with Crippen LogP contribution in [0.4, 0.5) is 5.69 Å². The number of sulfonamides is 1. The molecule has 0 fully saturated rings. The van der Waals surface area contributed by atoms with E-state index in [2.05, 4.69) is 4.98 Å². The van der Waals surface area contributed by atoms with Gasteiger partial charge in [0, 0.05) is 13.1 Å². The predicted octanol–water partition coefficient (Wildman–Crippen LogP) is 1.02. The lowest BCUT2D eigenvalue weighted by Crippen LogP contribution is -2.20. The van der Waals surface area contributed by atoms with E-state index < -0.39 is 15.1 Å². The molecule has 1 heterocycles. The smallest absolute Gasteiger partial charge is 0.280 e. The lowest BCUT2D eigenvalue weighted by Gasteiger charge is -2.05. The number of nitrogens with zero attached hydrogens (tertiary/aromatic N) is 1. The monoisotopic (exact) mass is 234 g/mol. The molecule has 14 heavy (non-hydrogen) atoms. The van der Waals surface area contributed by atoms with E-state index in [0.29, 0.717) is 0 Å². The molecule has 7 heteroatoms. The Hall–Kier alpha value is -1.14. The maximum absolute atomic E-state index is 11.1. The highest BCUT2D eigenvalue weighted by Crippen LogP contribution is 2.20. The molecule has 5 nitrogen and oxygen atoms in total. The summed E-state index contributed by atoms with van der Waals surface area (Å²) in [5.74, 6) is 0. The SMILES string of the molecule is CC(=O)S(=O)(=O)Nc1cnccc1Cl. The van der Waals surface area contributed by atoms with Crippen molar-refractivity contribution in [2.45, 2.75) is 6.92 Å². The summed E-state index contributed by atoms with van der Waals surface area (Å²) in [4.78, 5) is 14.3. The van der Waals surface area contributed by atoms with Crippen LogP contribution in [0.3, 0.4) is 0 Å². The molecule has 1 aromatic rings. The van der Waals surface area contributed by atoms with Gasteiger partial charge in [-0.15, -0.1) is 0 Å². The van der Waals surface area contributed by atoms with E-state index in [9.17, 15) is 13.2 Å². The van der Waals surface area contributed by atoms with E-state index in [1.807, 2.05) is 4.72 Å². The zero-order chi connectivity index (χ0) is 10.8. The Morgan fingerprint density at radius 3 is 2.71 bits per heavy atom.